The summed E-state index contributed by atoms with van der Waals surface area (Å²) in [7, 11) is 0. The van der Waals surface area contributed by atoms with Gasteiger partial charge in [0.1, 0.15) is 0 Å². The predicted molar refractivity (Wildman–Crippen MR) is 89.8 cm³/mol. The Kier molecular flexibility index (Phi) is 8.24. The Morgan fingerprint density at radius 2 is 1.91 bits per heavy atom. The van der Waals surface area contributed by atoms with Crippen LogP contribution in [0.1, 0.15) is 64.7 Å². The second kappa shape index (κ2) is 10.2. The first-order valence-corrected chi connectivity index (χ1v) is 9.34. The van der Waals surface area contributed by atoms with Gasteiger partial charge >= 0.3 is 0 Å². The van der Waals surface area contributed by atoms with Crippen molar-refractivity contribution < 1.29 is 9.53 Å². The van der Waals surface area contributed by atoms with Crippen molar-refractivity contribution in [2.24, 2.45) is 11.8 Å². The lowest BCUT2D eigenvalue weighted by molar-refractivity contribution is -0.122. The topological polar surface area (TPSA) is 50.4 Å². The number of nitrogens with one attached hydrogen (secondary N) is 2. The van der Waals surface area contributed by atoms with Crippen molar-refractivity contribution in [2.45, 2.75) is 70.8 Å². The first-order chi connectivity index (χ1) is 10.8. The van der Waals surface area contributed by atoms with Crippen LogP contribution in [0.2, 0.25) is 0 Å². The van der Waals surface area contributed by atoms with Gasteiger partial charge in [-0.05, 0) is 57.0 Å². The maximum absolute atomic E-state index is 12.0. The summed E-state index contributed by atoms with van der Waals surface area (Å²) < 4.78 is 5.88. The molecule has 0 bridgehead atoms. The van der Waals surface area contributed by atoms with E-state index >= 15 is 0 Å². The molecule has 0 aromatic rings. The van der Waals surface area contributed by atoms with E-state index in [9.17, 15) is 4.79 Å². The third kappa shape index (κ3) is 6.66. The summed E-state index contributed by atoms with van der Waals surface area (Å²) in [5.41, 5.74) is 0. The molecule has 128 valence electrons. The van der Waals surface area contributed by atoms with Gasteiger partial charge in [-0.1, -0.05) is 26.2 Å². The summed E-state index contributed by atoms with van der Waals surface area (Å²) in [5, 5.41) is 6.44. The standard InChI is InChI=1S/C18H34N2O2/c1-15(16-8-11-19-12-9-16)14-18(21)20-10-5-13-22-17-6-3-2-4-7-17/h15-17,19H,2-14H2,1H3,(H,20,21). The van der Waals surface area contributed by atoms with Crippen LogP contribution in [0.15, 0.2) is 0 Å². The van der Waals surface area contributed by atoms with E-state index in [1.165, 1.54) is 44.9 Å². The molecule has 4 nitrogen and oxygen atoms in total. The summed E-state index contributed by atoms with van der Waals surface area (Å²) in [5.74, 6) is 1.42. The number of hydrogen-bond donors (Lipinski definition) is 2. The number of piperidine rings is 1. The molecular formula is C18H34N2O2. The third-order valence-corrected chi connectivity index (χ3v) is 5.24. The van der Waals surface area contributed by atoms with Crippen molar-refractivity contribution in [3.05, 3.63) is 0 Å². The van der Waals surface area contributed by atoms with E-state index in [0.29, 0.717) is 24.4 Å². The highest BCUT2D eigenvalue weighted by atomic mass is 16.5. The Hall–Kier alpha value is -0.610. The second-order valence-electron chi connectivity index (χ2n) is 7.10. The lowest BCUT2D eigenvalue weighted by atomic mass is 9.84. The van der Waals surface area contributed by atoms with Gasteiger partial charge in [-0.25, -0.2) is 0 Å². The van der Waals surface area contributed by atoms with Crippen LogP contribution in [0.3, 0.4) is 0 Å². The van der Waals surface area contributed by atoms with Crippen LogP contribution in [-0.2, 0) is 9.53 Å². The number of amides is 1. The van der Waals surface area contributed by atoms with Crippen molar-refractivity contribution in [3.8, 4) is 0 Å². The summed E-state index contributed by atoms with van der Waals surface area (Å²) in [6.07, 6.45) is 11.0. The zero-order chi connectivity index (χ0) is 15.6. The van der Waals surface area contributed by atoms with Gasteiger partial charge in [0, 0.05) is 19.6 Å². The molecule has 1 unspecified atom stereocenters. The molecule has 1 heterocycles. The zero-order valence-electron chi connectivity index (χ0n) is 14.2. The van der Waals surface area contributed by atoms with Gasteiger partial charge in [0.25, 0.3) is 0 Å². The molecule has 1 aliphatic heterocycles. The molecule has 2 N–H and O–H groups in total. The predicted octanol–water partition coefficient (Wildman–Crippen LogP) is 2.87. The zero-order valence-corrected chi connectivity index (χ0v) is 14.2. The first-order valence-electron chi connectivity index (χ1n) is 9.34. The van der Waals surface area contributed by atoms with Gasteiger partial charge in [0.2, 0.25) is 5.91 Å². The van der Waals surface area contributed by atoms with E-state index in [1.54, 1.807) is 0 Å². The van der Waals surface area contributed by atoms with Crippen molar-refractivity contribution in [1.82, 2.24) is 10.6 Å². The summed E-state index contributed by atoms with van der Waals surface area (Å²) in [6.45, 7) is 5.98. The molecule has 1 atom stereocenters. The molecular weight excluding hydrogens is 276 g/mol. The van der Waals surface area contributed by atoms with E-state index in [1.807, 2.05) is 0 Å². The minimum atomic E-state index is 0.212. The molecule has 1 amide bonds. The summed E-state index contributed by atoms with van der Waals surface area (Å²) >= 11 is 0. The van der Waals surface area contributed by atoms with E-state index < -0.39 is 0 Å². The van der Waals surface area contributed by atoms with Gasteiger partial charge in [-0.3, -0.25) is 4.79 Å². The van der Waals surface area contributed by atoms with Crippen molar-refractivity contribution in [2.75, 3.05) is 26.2 Å². The quantitative estimate of drug-likeness (QED) is 0.678. The molecule has 0 aromatic heterocycles. The van der Waals surface area contributed by atoms with E-state index in [0.717, 1.165) is 32.7 Å². The summed E-state index contributed by atoms with van der Waals surface area (Å²) in [4.78, 5) is 12.0. The highest BCUT2D eigenvalue weighted by Gasteiger charge is 2.21. The Morgan fingerprint density at radius 3 is 2.64 bits per heavy atom. The van der Waals surface area contributed by atoms with E-state index in [2.05, 4.69) is 17.6 Å². The molecule has 2 rings (SSSR count). The summed E-state index contributed by atoms with van der Waals surface area (Å²) in [6, 6.07) is 0. The van der Waals surface area contributed by atoms with Gasteiger partial charge < -0.3 is 15.4 Å². The van der Waals surface area contributed by atoms with Gasteiger partial charge in [0.15, 0.2) is 0 Å². The molecule has 0 radical (unpaired) electrons. The fourth-order valence-corrected chi connectivity index (χ4v) is 3.73. The van der Waals surface area contributed by atoms with Gasteiger partial charge in [-0.2, -0.15) is 0 Å². The molecule has 0 aromatic carbocycles. The average molecular weight is 310 g/mol. The smallest absolute Gasteiger partial charge is 0.220 e. The monoisotopic (exact) mass is 310 g/mol. The molecule has 4 heteroatoms. The first kappa shape index (κ1) is 17.7. The molecule has 1 saturated heterocycles. The van der Waals surface area contributed by atoms with Crippen LogP contribution in [0.4, 0.5) is 0 Å². The molecule has 1 saturated carbocycles. The van der Waals surface area contributed by atoms with E-state index in [-0.39, 0.29) is 5.91 Å². The van der Waals surface area contributed by atoms with Crippen molar-refractivity contribution in [3.63, 3.8) is 0 Å². The van der Waals surface area contributed by atoms with Crippen molar-refractivity contribution in [1.29, 1.82) is 0 Å². The number of carbonyl (C=O) groups excluding carboxylic acids is 1. The molecule has 2 fully saturated rings. The van der Waals surface area contributed by atoms with Gasteiger partial charge in [0.05, 0.1) is 6.10 Å². The molecule has 2 aliphatic rings. The molecule has 22 heavy (non-hydrogen) atoms. The normalized spacial score (nSPS) is 22.4. The molecule has 0 spiro atoms. The van der Waals surface area contributed by atoms with Crippen LogP contribution in [-0.4, -0.2) is 38.3 Å². The largest absolute Gasteiger partial charge is 0.378 e. The second-order valence-corrected chi connectivity index (χ2v) is 7.10. The van der Waals surface area contributed by atoms with Crippen LogP contribution in [0.5, 0.6) is 0 Å². The third-order valence-electron chi connectivity index (χ3n) is 5.24. The average Bonchev–Trinajstić information content (AvgIpc) is 2.56. The van der Waals surface area contributed by atoms with E-state index in [4.69, 9.17) is 4.74 Å². The molecule has 1 aliphatic carbocycles. The van der Waals surface area contributed by atoms with Crippen molar-refractivity contribution >= 4 is 5.91 Å². The minimum Gasteiger partial charge on any atom is -0.378 e. The number of rotatable bonds is 8. The fourth-order valence-electron chi connectivity index (χ4n) is 3.73. The Balaban J connectivity index is 1.48. The Bertz CT molecular complexity index is 310. The Morgan fingerprint density at radius 1 is 1.18 bits per heavy atom. The minimum absolute atomic E-state index is 0.212. The lowest BCUT2D eigenvalue weighted by Crippen LogP contribution is -2.34. The number of hydrogen-bond acceptors (Lipinski definition) is 3. The Labute approximate surface area is 135 Å². The van der Waals surface area contributed by atoms with Crippen LogP contribution in [0, 0.1) is 11.8 Å². The van der Waals surface area contributed by atoms with Crippen LogP contribution < -0.4 is 10.6 Å². The fraction of sp³-hybridized carbons (Fsp3) is 0.944. The maximum Gasteiger partial charge on any atom is 0.220 e. The lowest BCUT2D eigenvalue weighted by Gasteiger charge is -2.27. The van der Waals surface area contributed by atoms with Crippen LogP contribution >= 0.6 is 0 Å². The number of carbonyl (C=O) groups is 1. The highest BCUT2D eigenvalue weighted by Crippen LogP contribution is 2.24. The maximum atomic E-state index is 12.0. The SMILES string of the molecule is CC(CC(=O)NCCCOC1CCCCC1)C1CCNCC1. The number of ether oxygens (including phenoxy) is 1. The van der Waals surface area contributed by atoms with Crippen LogP contribution in [0.25, 0.3) is 0 Å². The van der Waals surface area contributed by atoms with Gasteiger partial charge in [-0.15, -0.1) is 0 Å². The highest BCUT2D eigenvalue weighted by molar-refractivity contribution is 5.76.